The molecule has 28 heavy (non-hydrogen) atoms. The van der Waals surface area contributed by atoms with Crippen molar-refractivity contribution in [3.05, 3.63) is 47.4 Å². The molecule has 0 bridgehead atoms. The molecule has 1 saturated carbocycles. The Kier molecular flexibility index (Phi) is 3.72. The summed E-state index contributed by atoms with van der Waals surface area (Å²) in [6.45, 7) is 2.06. The Hall–Kier alpha value is -3.22. The second kappa shape index (κ2) is 6.15. The summed E-state index contributed by atoms with van der Waals surface area (Å²) >= 11 is 0. The lowest BCUT2D eigenvalue weighted by Crippen LogP contribution is -2.03. The molecule has 0 unspecified atom stereocenters. The molecule has 1 aliphatic carbocycles. The number of hydrogen-bond acceptors (Lipinski definition) is 4. The first-order valence-electron chi connectivity index (χ1n) is 9.38. The summed E-state index contributed by atoms with van der Waals surface area (Å²) in [5.74, 6) is -0.384. The maximum absolute atomic E-state index is 14.9. The van der Waals surface area contributed by atoms with Gasteiger partial charge < -0.3 is 14.3 Å². The van der Waals surface area contributed by atoms with Gasteiger partial charge in [0.2, 0.25) is 0 Å². The second-order valence-corrected chi connectivity index (χ2v) is 7.13. The van der Waals surface area contributed by atoms with Gasteiger partial charge in [0.1, 0.15) is 17.0 Å². The lowest BCUT2D eigenvalue weighted by molar-refractivity contribution is 0.0600. The minimum Gasteiger partial charge on any atom is -0.465 e. The fourth-order valence-corrected chi connectivity index (χ4v) is 3.66. The Bertz CT molecular complexity index is 1240. The maximum atomic E-state index is 14.9. The summed E-state index contributed by atoms with van der Waals surface area (Å²) in [4.78, 5) is 24.5. The van der Waals surface area contributed by atoms with Crippen molar-refractivity contribution in [1.29, 1.82) is 0 Å². The molecule has 3 heterocycles. The fraction of sp³-hybridized carbons (Fsp3) is 0.286. The van der Waals surface area contributed by atoms with Crippen LogP contribution in [0.2, 0.25) is 0 Å². The molecule has 1 N–H and O–H groups in total. The van der Waals surface area contributed by atoms with Crippen LogP contribution in [-0.2, 0) is 11.2 Å². The molecule has 0 amide bonds. The van der Waals surface area contributed by atoms with Crippen molar-refractivity contribution in [3.63, 3.8) is 0 Å². The zero-order valence-corrected chi connectivity index (χ0v) is 15.6. The van der Waals surface area contributed by atoms with E-state index >= 15 is 0 Å². The third-order valence-electron chi connectivity index (χ3n) is 5.21. The molecule has 3 aromatic heterocycles. The van der Waals surface area contributed by atoms with Gasteiger partial charge in [0.25, 0.3) is 0 Å². The number of fused-ring (bicyclic) bond motifs is 2. The lowest BCUT2D eigenvalue weighted by atomic mass is 10.2. The van der Waals surface area contributed by atoms with Crippen molar-refractivity contribution in [3.8, 4) is 11.5 Å². The number of ether oxygens (including phenoxy) is 1. The number of rotatable bonds is 4. The van der Waals surface area contributed by atoms with E-state index in [0.717, 1.165) is 41.7 Å². The molecule has 0 spiro atoms. The normalized spacial score (nSPS) is 14.1. The number of methoxy groups -OCH3 is 1. The molecular weight excluding hydrogens is 359 g/mol. The van der Waals surface area contributed by atoms with Crippen molar-refractivity contribution in [1.82, 2.24) is 19.5 Å². The quantitative estimate of drug-likeness (QED) is 0.534. The molecule has 6 nitrogen and oxygen atoms in total. The van der Waals surface area contributed by atoms with E-state index in [1.54, 1.807) is 6.07 Å². The number of nitrogens with zero attached hydrogens (tertiary/aromatic N) is 3. The summed E-state index contributed by atoms with van der Waals surface area (Å²) in [7, 11) is 1.28. The van der Waals surface area contributed by atoms with Crippen LogP contribution in [0.5, 0.6) is 0 Å². The molecule has 0 saturated heterocycles. The number of carbonyl (C=O) groups excluding carboxylic acids is 1. The smallest absolute Gasteiger partial charge is 0.338 e. The Morgan fingerprint density at radius 1 is 1.29 bits per heavy atom. The van der Waals surface area contributed by atoms with Crippen LogP contribution in [0.25, 0.3) is 33.6 Å². The monoisotopic (exact) mass is 378 g/mol. The third kappa shape index (κ3) is 2.58. The number of aryl methyl sites for hydroxylation is 1. The highest BCUT2D eigenvalue weighted by Crippen LogP contribution is 2.42. The van der Waals surface area contributed by atoms with E-state index in [1.807, 2.05) is 22.8 Å². The first-order chi connectivity index (χ1) is 13.6. The van der Waals surface area contributed by atoms with Crippen molar-refractivity contribution in [2.75, 3.05) is 7.11 Å². The van der Waals surface area contributed by atoms with Gasteiger partial charge in [-0.3, -0.25) is 0 Å². The zero-order valence-electron chi connectivity index (χ0n) is 15.6. The average molecular weight is 378 g/mol. The summed E-state index contributed by atoms with van der Waals surface area (Å²) < 4.78 is 21.6. The Balaban J connectivity index is 1.73. The van der Waals surface area contributed by atoms with Gasteiger partial charge in [0.05, 0.1) is 23.9 Å². The molecule has 4 aromatic rings. The summed E-state index contributed by atoms with van der Waals surface area (Å²) in [5.41, 5.74) is 3.61. The van der Waals surface area contributed by atoms with Crippen LogP contribution in [0.4, 0.5) is 4.39 Å². The molecule has 5 rings (SSSR count). The zero-order chi connectivity index (χ0) is 19.4. The highest BCUT2D eigenvalue weighted by atomic mass is 19.1. The predicted octanol–water partition coefficient (Wildman–Crippen LogP) is 4.40. The first-order valence-corrected chi connectivity index (χ1v) is 9.38. The number of halogens is 1. The number of hydrogen-bond donors (Lipinski definition) is 1. The van der Waals surface area contributed by atoms with E-state index in [-0.39, 0.29) is 11.6 Å². The Morgan fingerprint density at radius 2 is 2.11 bits per heavy atom. The minimum atomic E-state index is -0.578. The number of carbonyl (C=O) groups is 1. The van der Waals surface area contributed by atoms with Gasteiger partial charge in [0.15, 0.2) is 5.82 Å². The minimum absolute atomic E-state index is 0.158. The number of imidazole rings is 1. The maximum Gasteiger partial charge on any atom is 0.338 e. The van der Waals surface area contributed by atoms with Crippen molar-refractivity contribution in [2.24, 2.45) is 0 Å². The standard InChI is InChI=1S/C21H19FN4O2/c1-3-13-5-4-11-9-17(24-19(11)23-13)20-25-16-10-12(21(27)28-2)8-15(22)18(16)26(20)14-6-7-14/h4-5,8-10,14H,3,6-7H2,1-2H3,(H,23,24). The molecule has 1 fully saturated rings. The van der Waals surface area contributed by atoms with Crippen molar-refractivity contribution < 1.29 is 13.9 Å². The van der Waals surface area contributed by atoms with Gasteiger partial charge in [0, 0.05) is 17.1 Å². The molecule has 0 aliphatic heterocycles. The fourth-order valence-electron chi connectivity index (χ4n) is 3.66. The van der Waals surface area contributed by atoms with Crippen LogP contribution < -0.4 is 0 Å². The van der Waals surface area contributed by atoms with Gasteiger partial charge in [-0.25, -0.2) is 19.2 Å². The van der Waals surface area contributed by atoms with Gasteiger partial charge in [-0.1, -0.05) is 6.92 Å². The lowest BCUT2D eigenvalue weighted by Gasteiger charge is -2.07. The third-order valence-corrected chi connectivity index (χ3v) is 5.21. The van der Waals surface area contributed by atoms with Crippen LogP contribution in [0.15, 0.2) is 30.3 Å². The van der Waals surface area contributed by atoms with Crippen LogP contribution >= 0.6 is 0 Å². The summed E-state index contributed by atoms with van der Waals surface area (Å²) in [6.07, 6.45) is 2.82. The van der Waals surface area contributed by atoms with E-state index in [4.69, 9.17) is 4.74 Å². The molecule has 1 aliphatic rings. The van der Waals surface area contributed by atoms with Crippen molar-refractivity contribution in [2.45, 2.75) is 32.2 Å². The van der Waals surface area contributed by atoms with Crippen LogP contribution in [-0.4, -0.2) is 32.6 Å². The number of aromatic amines is 1. The van der Waals surface area contributed by atoms with Crippen LogP contribution in [0.3, 0.4) is 0 Å². The number of H-pyrrole nitrogens is 1. The van der Waals surface area contributed by atoms with Gasteiger partial charge >= 0.3 is 5.97 Å². The molecular formula is C21H19FN4O2. The van der Waals surface area contributed by atoms with Crippen LogP contribution in [0, 0.1) is 5.82 Å². The van der Waals surface area contributed by atoms with E-state index in [1.165, 1.54) is 13.2 Å². The number of nitrogens with one attached hydrogen (secondary N) is 1. The molecule has 7 heteroatoms. The number of esters is 1. The second-order valence-electron chi connectivity index (χ2n) is 7.13. The Morgan fingerprint density at radius 3 is 2.82 bits per heavy atom. The molecule has 0 atom stereocenters. The molecule has 142 valence electrons. The summed E-state index contributed by atoms with van der Waals surface area (Å²) in [6, 6.07) is 9.04. The number of aromatic nitrogens is 4. The first kappa shape index (κ1) is 16.9. The highest BCUT2D eigenvalue weighted by molar-refractivity contribution is 5.95. The van der Waals surface area contributed by atoms with E-state index in [9.17, 15) is 9.18 Å². The molecule has 1 aromatic carbocycles. The van der Waals surface area contributed by atoms with Gasteiger partial charge in [-0.05, 0) is 49.6 Å². The Labute approximate surface area is 160 Å². The largest absolute Gasteiger partial charge is 0.465 e. The number of benzene rings is 1. The topological polar surface area (TPSA) is 72.8 Å². The van der Waals surface area contributed by atoms with Gasteiger partial charge in [-0.2, -0.15) is 0 Å². The average Bonchev–Trinajstić information content (AvgIpc) is 3.33. The van der Waals surface area contributed by atoms with E-state index < -0.39 is 11.8 Å². The molecule has 0 radical (unpaired) electrons. The number of pyridine rings is 1. The predicted molar refractivity (Wildman–Crippen MR) is 104 cm³/mol. The van der Waals surface area contributed by atoms with Gasteiger partial charge in [-0.15, -0.1) is 0 Å². The summed E-state index contributed by atoms with van der Waals surface area (Å²) in [5, 5.41) is 0.984. The SMILES string of the molecule is CCc1ccc2cc(-c3nc4cc(C(=O)OC)cc(F)c4n3C3CC3)[nH]c2n1. The van der Waals surface area contributed by atoms with Crippen LogP contribution in [0.1, 0.15) is 41.9 Å². The highest BCUT2D eigenvalue weighted by Gasteiger charge is 2.31. The van der Waals surface area contributed by atoms with Crippen molar-refractivity contribution >= 4 is 28.0 Å². The van der Waals surface area contributed by atoms with E-state index in [0.29, 0.717) is 16.9 Å². The van der Waals surface area contributed by atoms with E-state index in [2.05, 4.69) is 21.9 Å².